The Morgan fingerprint density at radius 2 is 1.79 bits per heavy atom. The topological polar surface area (TPSA) is 66.5 Å². The Labute approximate surface area is 159 Å². The van der Waals surface area contributed by atoms with E-state index in [9.17, 15) is 18.0 Å². The van der Waals surface area contributed by atoms with Gasteiger partial charge < -0.3 is 20.3 Å². The lowest BCUT2D eigenvalue weighted by Gasteiger charge is -2.39. The molecule has 1 spiro atoms. The highest BCUT2D eigenvalue weighted by Crippen LogP contribution is 2.30. The predicted molar refractivity (Wildman–Crippen MR) is 97.1 cm³/mol. The van der Waals surface area contributed by atoms with E-state index in [0.717, 1.165) is 42.9 Å². The van der Waals surface area contributed by atoms with Crippen molar-refractivity contribution in [2.24, 2.45) is 0 Å². The lowest BCUT2D eigenvalue weighted by molar-refractivity contribution is -0.274. The van der Waals surface area contributed by atoms with Crippen LogP contribution in [0.2, 0.25) is 0 Å². The SMILES string of the molecule is O=C1NCC2(CCN(c3cc(-c4ccc(OC(F)(F)F)cc4)ccn3)CC2)N1. The standard InChI is InChI=1S/C19H19F3N4O2/c20-19(21,22)28-15-3-1-13(2-4-15)14-5-8-23-16(11-14)26-9-6-18(7-10-26)12-24-17(27)25-18/h1-5,8,11H,6-7,9-10,12H2,(H2,24,25,27). The van der Waals surface area contributed by atoms with E-state index < -0.39 is 6.36 Å². The number of benzene rings is 1. The lowest BCUT2D eigenvalue weighted by Crippen LogP contribution is -2.52. The van der Waals surface area contributed by atoms with Gasteiger partial charge in [0.15, 0.2) is 0 Å². The third-order valence-corrected chi connectivity index (χ3v) is 5.18. The number of amides is 2. The van der Waals surface area contributed by atoms with Crippen molar-refractivity contribution in [3.8, 4) is 16.9 Å². The molecule has 2 fully saturated rings. The summed E-state index contributed by atoms with van der Waals surface area (Å²) >= 11 is 0. The summed E-state index contributed by atoms with van der Waals surface area (Å²) in [5, 5.41) is 5.83. The van der Waals surface area contributed by atoms with Crippen LogP contribution in [-0.2, 0) is 0 Å². The molecule has 3 heterocycles. The number of carbonyl (C=O) groups is 1. The fourth-order valence-corrected chi connectivity index (χ4v) is 3.66. The zero-order chi connectivity index (χ0) is 19.8. The van der Waals surface area contributed by atoms with Crippen molar-refractivity contribution in [1.82, 2.24) is 15.6 Å². The van der Waals surface area contributed by atoms with E-state index in [4.69, 9.17) is 0 Å². The molecule has 4 rings (SSSR count). The van der Waals surface area contributed by atoms with Crippen LogP contribution in [0.1, 0.15) is 12.8 Å². The van der Waals surface area contributed by atoms with E-state index in [2.05, 4.69) is 25.3 Å². The Morgan fingerprint density at radius 1 is 1.07 bits per heavy atom. The molecule has 0 saturated carbocycles. The number of nitrogens with one attached hydrogen (secondary N) is 2. The van der Waals surface area contributed by atoms with E-state index >= 15 is 0 Å². The first-order chi connectivity index (χ1) is 13.3. The van der Waals surface area contributed by atoms with Crippen molar-refractivity contribution in [3.63, 3.8) is 0 Å². The van der Waals surface area contributed by atoms with Gasteiger partial charge in [0.1, 0.15) is 11.6 Å². The molecule has 0 unspecified atom stereocenters. The van der Waals surface area contributed by atoms with Gasteiger partial charge >= 0.3 is 12.4 Å². The van der Waals surface area contributed by atoms with E-state index in [1.807, 2.05) is 12.1 Å². The van der Waals surface area contributed by atoms with Crippen molar-refractivity contribution >= 4 is 11.8 Å². The molecule has 0 atom stereocenters. The number of ether oxygens (including phenoxy) is 1. The van der Waals surface area contributed by atoms with Gasteiger partial charge in [-0.25, -0.2) is 9.78 Å². The zero-order valence-electron chi connectivity index (χ0n) is 14.9. The van der Waals surface area contributed by atoms with E-state index in [-0.39, 0.29) is 17.3 Å². The molecule has 6 nitrogen and oxygen atoms in total. The number of carbonyl (C=O) groups excluding carboxylic acids is 1. The summed E-state index contributed by atoms with van der Waals surface area (Å²) in [6.07, 6.45) is -1.37. The number of pyridine rings is 1. The molecular formula is C19H19F3N4O2. The van der Waals surface area contributed by atoms with Gasteiger partial charge in [-0.05, 0) is 48.2 Å². The van der Waals surface area contributed by atoms with Crippen molar-refractivity contribution in [3.05, 3.63) is 42.6 Å². The van der Waals surface area contributed by atoms with Gasteiger partial charge in [0.05, 0.1) is 5.54 Å². The molecule has 1 aromatic heterocycles. The lowest BCUT2D eigenvalue weighted by atomic mass is 9.88. The second-order valence-corrected chi connectivity index (χ2v) is 7.05. The summed E-state index contributed by atoms with van der Waals surface area (Å²) in [5.74, 6) is 0.555. The minimum Gasteiger partial charge on any atom is -0.406 e. The molecule has 148 valence electrons. The van der Waals surface area contributed by atoms with Crippen LogP contribution in [0.4, 0.5) is 23.8 Å². The van der Waals surface area contributed by atoms with Crippen molar-refractivity contribution in [2.45, 2.75) is 24.7 Å². The predicted octanol–water partition coefficient (Wildman–Crippen LogP) is 3.30. The number of piperidine rings is 1. The number of alkyl halides is 3. The third-order valence-electron chi connectivity index (χ3n) is 5.18. The molecule has 2 saturated heterocycles. The number of nitrogens with zero attached hydrogens (tertiary/aromatic N) is 2. The van der Waals surface area contributed by atoms with Gasteiger partial charge in [0, 0.05) is 25.8 Å². The van der Waals surface area contributed by atoms with E-state index in [0.29, 0.717) is 6.54 Å². The van der Waals surface area contributed by atoms with Crippen LogP contribution in [0.15, 0.2) is 42.6 Å². The van der Waals surface area contributed by atoms with E-state index in [1.165, 1.54) is 12.1 Å². The fourth-order valence-electron chi connectivity index (χ4n) is 3.66. The number of hydrogen-bond acceptors (Lipinski definition) is 4. The van der Waals surface area contributed by atoms with Crippen molar-refractivity contribution in [2.75, 3.05) is 24.5 Å². The summed E-state index contributed by atoms with van der Waals surface area (Å²) in [6, 6.07) is 9.38. The number of hydrogen-bond donors (Lipinski definition) is 2. The van der Waals surface area contributed by atoms with Gasteiger partial charge in [-0.1, -0.05) is 12.1 Å². The van der Waals surface area contributed by atoms with Crippen LogP contribution in [0.5, 0.6) is 5.75 Å². The molecule has 2 aliphatic rings. The van der Waals surface area contributed by atoms with Gasteiger partial charge in [-0.2, -0.15) is 0 Å². The number of rotatable bonds is 3. The van der Waals surface area contributed by atoms with Gasteiger partial charge in [-0.3, -0.25) is 0 Å². The quantitative estimate of drug-likeness (QED) is 0.841. The largest absolute Gasteiger partial charge is 0.573 e. The smallest absolute Gasteiger partial charge is 0.406 e. The Hall–Kier alpha value is -2.97. The fraction of sp³-hybridized carbons (Fsp3) is 0.368. The zero-order valence-corrected chi connectivity index (χ0v) is 14.9. The maximum atomic E-state index is 12.3. The summed E-state index contributed by atoms with van der Waals surface area (Å²) in [5.41, 5.74) is 1.46. The maximum Gasteiger partial charge on any atom is 0.573 e. The molecule has 0 aliphatic carbocycles. The number of aromatic nitrogens is 1. The van der Waals surface area contributed by atoms with Crippen LogP contribution in [-0.4, -0.2) is 42.6 Å². The average molecular weight is 392 g/mol. The van der Waals surface area contributed by atoms with Gasteiger partial charge in [0.25, 0.3) is 0 Å². The molecule has 2 aliphatic heterocycles. The highest BCUT2D eigenvalue weighted by atomic mass is 19.4. The third kappa shape index (κ3) is 3.97. The Morgan fingerprint density at radius 3 is 2.39 bits per heavy atom. The molecule has 0 bridgehead atoms. The molecule has 28 heavy (non-hydrogen) atoms. The van der Waals surface area contributed by atoms with Gasteiger partial charge in [0.2, 0.25) is 0 Å². The van der Waals surface area contributed by atoms with Crippen LogP contribution < -0.4 is 20.3 Å². The molecule has 2 amide bonds. The summed E-state index contributed by atoms with van der Waals surface area (Å²) in [7, 11) is 0. The normalized spacial score (nSPS) is 18.7. The second-order valence-electron chi connectivity index (χ2n) is 7.05. The summed E-state index contributed by atoms with van der Waals surface area (Å²) in [4.78, 5) is 18.0. The van der Waals surface area contributed by atoms with E-state index in [1.54, 1.807) is 18.3 Å². The first-order valence-electron chi connectivity index (χ1n) is 8.95. The van der Waals surface area contributed by atoms with Gasteiger partial charge in [-0.15, -0.1) is 13.2 Å². The Balaban J connectivity index is 1.46. The monoisotopic (exact) mass is 392 g/mol. The molecule has 0 radical (unpaired) electrons. The summed E-state index contributed by atoms with van der Waals surface area (Å²) < 4.78 is 40.8. The number of halogens is 3. The van der Waals surface area contributed by atoms with Crippen LogP contribution >= 0.6 is 0 Å². The molecular weight excluding hydrogens is 373 g/mol. The highest BCUT2D eigenvalue weighted by Gasteiger charge is 2.40. The maximum absolute atomic E-state index is 12.3. The van der Waals surface area contributed by atoms with Crippen LogP contribution in [0.3, 0.4) is 0 Å². The first-order valence-corrected chi connectivity index (χ1v) is 8.95. The molecule has 2 aromatic rings. The Bertz CT molecular complexity index is 862. The summed E-state index contributed by atoms with van der Waals surface area (Å²) in [6.45, 7) is 2.16. The average Bonchev–Trinajstić information content (AvgIpc) is 3.02. The molecule has 1 aromatic carbocycles. The number of anilines is 1. The molecule has 2 N–H and O–H groups in total. The first kappa shape index (κ1) is 18.4. The minimum atomic E-state index is -4.70. The van der Waals surface area contributed by atoms with Crippen LogP contribution in [0.25, 0.3) is 11.1 Å². The highest BCUT2D eigenvalue weighted by molar-refractivity contribution is 5.77. The molecule has 9 heteroatoms. The minimum absolute atomic E-state index is 0.119. The van der Waals surface area contributed by atoms with Crippen LogP contribution in [0, 0.1) is 0 Å². The second kappa shape index (κ2) is 6.88. The van der Waals surface area contributed by atoms with Crippen molar-refractivity contribution in [1.29, 1.82) is 0 Å². The Kier molecular flexibility index (Phi) is 4.52. The number of urea groups is 1. The van der Waals surface area contributed by atoms with Crippen molar-refractivity contribution < 1.29 is 22.7 Å².